The molecular formula is C8H20N+. The summed E-state index contributed by atoms with van der Waals surface area (Å²) in [6.45, 7) is 9.39. The van der Waals surface area contributed by atoms with Crippen molar-refractivity contribution >= 4 is 0 Å². The first-order valence-corrected chi connectivity index (χ1v) is 4.09. The quantitative estimate of drug-likeness (QED) is 0.535. The Balaban J connectivity index is 2.75. The van der Waals surface area contributed by atoms with E-state index >= 15 is 0 Å². The van der Waals surface area contributed by atoms with Crippen LogP contribution in [0.5, 0.6) is 0 Å². The monoisotopic (exact) mass is 130 g/mol. The lowest BCUT2D eigenvalue weighted by Crippen LogP contribution is -2.84. The second kappa shape index (κ2) is 6.09. The fraction of sp³-hybridized carbons (Fsp3) is 1.00. The van der Waals surface area contributed by atoms with Gasteiger partial charge in [0, 0.05) is 0 Å². The molecule has 0 aromatic heterocycles. The highest BCUT2D eigenvalue weighted by Gasteiger charge is 1.93. The minimum Gasteiger partial charge on any atom is -0.346 e. The lowest BCUT2D eigenvalue weighted by molar-refractivity contribution is -0.655. The molecule has 0 spiro atoms. The van der Waals surface area contributed by atoms with Crippen molar-refractivity contribution in [3.05, 3.63) is 0 Å². The summed E-state index contributed by atoms with van der Waals surface area (Å²) in [5.74, 6) is 0.873. The summed E-state index contributed by atoms with van der Waals surface area (Å²) in [6.07, 6.45) is 2.66. The molecule has 0 radical (unpaired) electrons. The maximum atomic E-state index is 2.40. The van der Waals surface area contributed by atoms with Gasteiger partial charge in [-0.3, -0.25) is 0 Å². The molecule has 0 aromatic carbocycles. The third-order valence-corrected chi connectivity index (χ3v) is 1.44. The Bertz CT molecular complexity index is 50.5. The Morgan fingerprint density at radius 2 is 1.89 bits per heavy atom. The zero-order chi connectivity index (χ0) is 7.11. The van der Waals surface area contributed by atoms with Crippen molar-refractivity contribution < 1.29 is 5.32 Å². The maximum absolute atomic E-state index is 2.40. The third kappa shape index (κ3) is 7.96. The lowest BCUT2D eigenvalue weighted by atomic mass is 10.1. The summed E-state index contributed by atoms with van der Waals surface area (Å²) in [5, 5.41) is 2.40. The van der Waals surface area contributed by atoms with E-state index in [2.05, 4.69) is 26.1 Å². The van der Waals surface area contributed by atoms with Gasteiger partial charge >= 0.3 is 0 Å². The molecule has 0 aliphatic carbocycles. The molecule has 0 unspecified atom stereocenters. The van der Waals surface area contributed by atoms with E-state index in [1.165, 1.54) is 25.9 Å². The highest BCUT2D eigenvalue weighted by atomic mass is 14.8. The molecule has 0 aromatic rings. The van der Waals surface area contributed by atoms with E-state index in [4.69, 9.17) is 0 Å². The van der Waals surface area contributed by atoms with Gasteiger partial charge in [0.15, 0.2) is 0 Å². The SMILES string of the molecule is CCC[NH2+]CCC(C)C. The Morgan fingerprint density at radius 3 is 2.33 bits per heavy atom. The maximum Gasteiger partial charge on any atom is 0.0757 e. The van der Waals surface area contributed by atoms with Gasteiger partial charge in [-0.05, 0) is 18.8 Å². The zero-order valence-corrected chi connectivity index (χ0v) is 6.98. The van der Waals surface area contributed by atoms with Crippen molar-refractivity contribution in [1.82, 2.24) is 0 Å². The van der Waals surface area contributed by atoms with Crippen LogP contribution < -0.4 is 5.32 Å². The van der Waals surface area contributed by atoms with Crippen LogP contribution >= 0.6 is 0 Å². The normalized spacial score (nSPS) is 10.7. The summed E-state index contributed by atoms with van der Waals surface area (Å²) in [7, 11) is 0. The molecule has 56 valence electrons. The number of hydrogen-bond donors (Lipinski definition) is 1. The summed E-state index contributed by atoms with van der Waals surface area (Å²) < 4.78 is 0. The van der Waals surface area contributed by atoms with E-state index < -0.39 is 0 Å². The van der Waals surface area contributed by atoms with Gasteiger partial charge < -0.3 is 5.32 Å². The van der Waals surface area contributed by atoms with E-state index in [0.29, 0.717) is 0 Å². The van der Waals surface area contributed by atoms with E-state index in [0.717, 1.165) is 5.92 Å². The average Bonchev–Trinajstić information content (AvgIpc) is 1.80. The lowest BCUT2D eigenvalue weighted by Gasteiger charge is -2.01. The second-order valence-electron chi connectivity index (χ2n) is 3.05. The van der Waals surface area contributed by atoms with Crippen LogP contribution in [0.4, 0.5) is 0 Å². The molecule has 0 atom stereocenters. The summed E-state index contributed by atoms with van der Waals surface area (Å²) in [6, 6.07) is 0. The number of quaternary nitrogens is 1. The largest absolute Gasteiger partial charge is 0.346 e. The first-order valence-electron chi connectivity index (χ1n) is 4.09. The van der Waals surface area contributed by atoms with Crippen molar-refractivity contribution in [3.8, 4) is 0 Å². The summed E-state index contributed by atoms with van der Waals surface area (Å²) >= 11 is 0. The van der Waals surface area contributed by atoms with E-state index in [1.54, 1.807) is 0 Å². The predicted octanol–water partition coefficient (Wildman–Crippen LogP) is 1.01. The van der Waals surface area contributed by atoms with Gasteiger partial charge in [-0.25, -0.2) is 0 Å². The predicted molar refractivity (Wildman–Crippen MR) is 41.4 cm³/mol. The van der Waals surface area contributed by atoms with Crippen LogP contribution in [-0.2, 0) is 0 Å². The summed E-state index contributed by atoms with van der Waals surface area (Å²) in [4.78, 5) is 0. The Kier molecular flexibility index (Phi) is 6.06. The van der Waals surface area contributed by atoms with Gasteiger partial charge in [0.05, 0.1) is 13.1 Å². The van der Waals surface area contributed by atoms with Crippen LogP contribution in [0.2, 0.25) is 0 Å². The molecule has 1 heteroatoms. The molecular weight excluding hydrogens is 110 g/mol. The van der Waals surface area contributed by atoms with E-state index in [1.807, 2.05) is 0 Å². The van der Waals surface area contributed by atoms with Gasteiger partial charge in [0.2, 0.25) is 0 Å². The van der Waals surface area contributed by atoms with Crippen molar-refractivity contribution in [1.29, 1.82) is 0 Å². The topological polar surface area (TPSA) is 16.6 Å². The first-order chi connectivity index (χ1) is 4.27. The van der Waals surface area contributed by atoms with Gasteiger partial charge in [-0.1, -0.05) is 20.8 Å². The van der Waals surface area contributed by atoms with E-state index in [9.17, 15) is 0 Å². The van der Waals surface area contributed by atoms with Gasteiger partial charge in [0.25, 0.3) is 0 Å². The molecule has 0 aliphatic heterocycles. The molecule has 0 fully saturated rings. The molecule has 0 rings (SSSR count). The fourth-order valence-corrected chi connectivity index (χ4v) is 0.800. The van der Waals surface area contributed by atoms with Crippen LogP contribution in [-0.4, -0.2) is 13.1 Å². The number of nitrogens with two attached hydrogens (primary N) is 1. The Labute approximate surface area is 58.8 Å². The highest BCUT2D eigenvalue weighted by molar-refractivity contribution is 4.39. The van der Waals surface area contributed by atoms with Crippen molar-refractivity contribution in [2.24, 2.45) is 5.92 Å². The molecule has 0 bridgehead atoms. The van der Waals surface area contributed by atoms with Gasteiger partial charge in [0.1, 0.15) is 0 Å². The van der Waals surface area contributed by atoms with Crippen molar-refractivity contribution in [3.63, 3.8) is 0 Å². The van der Waals surface area contributed by atoms with Crippen molar-refractivity contribution in [2.75, 3.05) is 13.1 Å². The molecule has 0 amide bonds. The van der Waals surface area contributed by atoms with Crippen LogP contribution in [0, 0.1) is 5.92 Å². The van der Waals surface area contributed by atoms with Gasteiger partial charge in [-0.15, -0.1) is 0 Å². The van der Waals surface area contributed by atoms with Crippen LogP contribution in [0.1, 0.15) is 33.6 Å². The average molecular weight is 130 g/mol. The minimum absolute atomic E-state index is 0.873. The molecule has 0 heterocycles. The molecule has 0 saturated heterocycles. The van der Waals surface area contributed by atoms with Gasteiger partial charge in [-0.2, -0.15) is 0 Å². The molecule has 2 N–H and O–H groups in total. The highest BCUT2D eigenvalue weighted by Crippen LogP contribution is 1.93. The van der Waals surface area contributed by atoms with Crippen LogP contribution in [0.25, 0.3) is 0 Å². The van der Waals surface area contributed by atoms with E-state index in [-0.39, 0.29) is 0 Å². The number of hydrogen-bond acceptors (Lipinski definition) is 0. The second-order valence-corrected chi connectivity index (χ2v) is 3.05. The molecule has 0 saturated carbocycles. The standard InChI is InChI=1S/C8H19N/c1-4-6-9-7-5-8(2)3/h8-9H,4-7H2,1-3H3/p+1. The Morgan fingerprint density at radius 1 is 1.22 bits per heavy atom. The zero-order valence-electron chi connectivity index (χ0n) is 6.98. The minimum atomic E-state index is 0.873. The third-order valence-electron chi connectivity index (χ3n) is 1.44. The molecule has 0 aliphatic rings. The van der Waals surface area contributed by atoms with Crippen LogP contribution in [0.15, 0.2) is 0 Å². The fourth-order valence-electron chi connectivity index (χ4n) is 0.800. The van der Waals surface area contributed by atoms with Crippen LogP contribution in [0.3, 0.4) is 0 Å². The summed E-state index contributed by atoms with van der Waals surface area (Å²) in [5.41, 5.74) is 0. The first kappa shape index (κ1) is 8.96. The molecule has 1 nitrogen and oxygen atoms in total. The smallest absolute Gasteiger partial charge is 0.0757 e. The molecule has 9 heavy (non-hydrogen) atoms. The number of rotatable bonds is 5. The van der Waals surface area contributed by atoms with Crippen molar-refractivity contribution in [2.45, 2.75) is 33.6 Å². The Hall–Kier alpha value is -0.0400.